The Morgan fingerprint density at radius 2 is 1.83 bits per heavy atom. The summed E-state index contributed by atoms with van der Waals surface area (Å²) in [5.41, 5.74) is 0.733. The van der Waals surface area contributed by atoms with Gasteiger partial charge in [-0.15, -0.1) is 10.2 Å². The summed E-state index contributed by atoms with van der Waals surface area (Å²) in [4.78, 5) is 15.1. The minimum absolute atomic E-state index is 0.0522. The number of amides is 1. The van der Waals surface area contributed by atoms with Crippen LogP contribution in [-0.2, 0) is 4.79 Å². The van der Waals surface area contributed by atoms with Gasteiger partial charge in [0.1, 0.15) is 0 Å². The summed E-state index contributed by atoms with van der Waals surface area (Å²) in [6, 6.07) is 8.10. The first kappa shape index (κ1) is 14.7. The zero-order valence-electron chi connectivity index (χ0n) is 13.3. The minimum Gasteiger partial charge on any atom is -0.355 e. The van der Waals surface area contributed by atoms with Crippen LogP contribution in [0, 0.1) is 17.2 Å². The molecule has 0 saturated carbocycles. The molecule has 3 heterocycles. The van der Waals surface area contributed by atoms with Gasteiger partial charge in [0.2, 0.25) is 6.41 Å². The molecule has 2 aliphatic heterocycles. The van der Waals surface area contributed by atoms with Crippen LogP contribution in [0.25, 0.3) is 10.8 Å². The summed E-state index contributed by atoms with van der Waals surface area (Å²) < 4.78 is 0. The fourth-order valence-corrected chi connectivity index (χ4v) is 3.41. The molecule has 2 fully saturated rings. The Balaban J connectivity index is 1.80. The summed E-state index contributed by atoms with van der Waals surface area (Å²) in [5.74, 6) is 1.74. The molecule has 0 radical (unpaired) electrons. The number of fused-ring (bicyclic) bond motifs is 1. The van der Waals surface area contributed by atoms with E-state index < -0.39 is 0 Å². The van der Waals surface area contributed by atoms with Crippen LogP contribution >= 0.6 is 0 Å². The molecule has 4 rings (SSSR count). The Bertz CT molecular complexity index is 818. The first-order valence-electron chi connectivity index (χ1n) is 8.20. The van der Waals surface area contributed by atoms with Crippen LogP contribution in [0.3, 0.4) is 0 Å². The van der Waals surface area contributed by atoms with Gasteiger partial charge in [-0.05, 0) is 31.0 Å². The van der Waals surface area contributed by atoms with Crippen molar-refractivity contribution in [2.75, 3.05) is 41.3 Å². The van der Waals surface area contributed by atoms with Crippen LogP contribution in [-0.4, -0.2) is 42.8 Å². The van der Waals surface area contributed by atoms with E-state index in [4.69, 9.17) is 5.26 Å². The quantitative estimate of drug-likeness (QED) is 0.863. The van der Waals surface area contributed by atoms with Gasteiger partial charge < -0.3 is 15.1 Å². The number of hydrogen-bond acceptors (Lipinski definition) is 6. The number of carbonyl (C=O) groups is 1. The van der Waals surface area contributed by atoms with Crippen molar-refractivity contribution in [1.82, 2.24) is 10.2 Å². The molecule has 2 saturated heterocycles. The van der Waals surface area contributed by atoms with Crippen LogP contribution in [0.2, 0.25) is 0 Å². The van der Waals surface area contributed by atoms with Crippen LogP contribution in [0.1, 0.15) is 12.8 Å². The zero-order chi connectivity index (χ0) is 16.5. The Labute approximate surface area is 139 Å². The lowest BCUT2D eigenvalue weighted by Gasteiger charge is -2.36. The highest BCUT2D eigenvalue weighted by Crippen LogP contribution is 2.35. The second kappa shape index (κ2) is 5.96. The minimum atomic E-state index is 0.0522. The summed E-state index contributed by atoms with van der Waals surface area (Å²) in [6.45, 7) is 3.35. The number of carbonyl (C=O) groups excluding carboxylic acids is 1. The third-order valence-electron chi connectivity index (χ3n) is 4.74. The average molecular weight is 322 g/mol. The molecule has 0 bridgehead atoms. The van der Waals surface area contributed by atoms with Crippen molar-refractivity contribution in [1.29, 1.82) is 5.26 Å². The predicted molar refractivity (Wildman–Crippen MR) is 92.0 cm³/mol. The molecule has 24 heavy (non-hydrogen) atoms. The van der Waals surface area contributed by atoms with E-state index in [0.29, 0.717) is 19.5 Å². The Morgan fingerprint density at radius 1 is 1.12 bits per heavy atom. The smallest absolute Gasteiger partial charge is 0.211 e. The van der Waals surface area contributed by atoms with Gasteiger partial charge in [0.15, 0.2) is 11.6 Å². The molecule has 0 atom stereocenters. The molecule has 7 heteroatoms. The van der Waals surface area contributed by atoms with Gasteiger partial charge in [0, 0.05) is 42.6 Å². The Kier molecular flexibility index (Phi) is 3.65. The molecule has 1 aromatic carbocycles. The molecule has 1 amide bonds. The zero-order valence-corrected chi connectivity index (χ0v) is 13.3. The van der Waals surface area contributed by atoms with Gasteiger partial charge >= 0.3 is 0 Å². The lowest BCUT2D eigenvalue weighted by Crippen LogP contribution is -2.46. The fourth-order valence-electron chi connectivity index (χ4n) is 3.41. The van der Waals surface area contributed by atoms with Gasteiger partial charge in [-0.2, -0.15) is 5.26 Å². The largest absolute Gasteiger partial charge is 0.355 e. The molecule has 0 aliphatic carbocycles. The lowest BCUT2D eigenvalue weighted by atomic mass is 10.0. The summed E-state index contributed by atoms with van der Waals surface area (Å²) in [5, 5.41) is 22.6. The highest BCUT2D eigenvalue weighted by Gasteiger charge is 2.30. The van der Waals surface area contributed by atoms with Crippen LogP contribution < -0.4 is 15.1 Å². The predicted octanol–water partition coefficient (Wildman–Crippen LogP) is 1.76. The van der Waals surface area contributed by atoms with Crippen LogP contribution in [0.5, 0.6) is 0 Å². The molecule has 0 unspecified atom stereocenters. The normalized spacial score (nSPS) is 17.6. The molecule has 0 spiro atoms. The molecule has 122 valence electrons. The SMILES string of the molecule is N#CC1CN(c2nnc(N3CCCC3)c3ccc(NC=O)cc23)C1. The van der Waals surface area contributed by atoms with Crippen LogP contribution in [0.15, 0.2) is 18.2 Å². The number of benzene rings is 1. The van der Waals surface area contributed by atoms with Crippen molar-refractivity contribution in [2.45, 2.75) is 12.8 Å². The maximum absolute atomic E-state index is 10.8. The molecule has 7 nitrogen and oxygen atoms in total. The standard InChI is InChI=1S/C17H18N6O/c18-8-12-9-23(10-12)17-15-7-13(19-11-24)3-4-14(15)16(20-21-17)22-5-1-2-6-22/h3-4,7,11-12H,1-2,5-6,9-10H2,(H,19,24). The van der Waals surface area contributed by atoms with E-state index in [1.54, 1.807) is 0 Å². The summed E-state index contributed by atoms with van der Waals surface area (Å²) in [6.07, 6.45) is 3.02. The Hall–Kier alpha value is -2.88. The maximum Gasteiger partial charge on any atom is 0.211 e. The van der Waals surface area contributed by atoms with E-state index in [2.05, 4.69) is 31.4 Å². The van der Waals surface area contributed by atoms with E-state index in [1.807, 2.05) is 18.2 Å². The first-order chi connectivity index (χ1) is 11.8. The second-order valence-electron chi connectivity index (χ2n) is 6.29. The van der Waals surface area contributed by atoms with Crippen molar-refractivity contribution in [3.05, 3.63) is 18.2 Å². The molecular weight excluding hydrogens is 304 g/mol. The van der Waals surface area contributed by atoms with E-state index in [-0.39, 0.29) is 5.92 Å². The van der Waals surface area contributed by atoms with Crippen LogP contribution in [0.4, 0.5) is 17.3 Å². The topological polar surface area (TPSA) is 85.2 Å². The van der Waals surface area contributed by atoms with Gasteiger partial charge in [0.05, 0.1) is 12.0 Å². The number of anilines is 3. The van der Waals surface area contributed by atoms with Crippen molar-refractivity contribution >= 4 is 34.5 Å². The summed E-state index contributed by atoms with van der Waals surface area (Å²) >= 11 is 0. The molecule has 1 aromatic heterocycles. The van der Waals surface area contributed by atoms with Crippen molar-refractivity contribution in [3.8, 4) is 6.07 Å². The van der Waals surface area contributed by atoms with Crippen molar-refractivity contribution < 1.29 is 4.79 Å². The van der Waals surface area contributed by atoms with Crippen molar-refractivity contribution in [3.63, 3.8) is 0 Å². The average Bonchev–Trinajstić information content (AvgIpc) is 3.08. The third kappa shape index (κ3) is 2.40. The third-order valence-corrected chi connectivity index (χ3v) is 4.74. The highest BCUT2D eigenvalue weighted by molar-refractivity contribution is 6.01. The molecular formula is C17H18N6O. The Morgan fingerprint density at radius 3 is 2.50 bits per heavy atom. The first-order valence-corrected chi connectivity index (χ1v) is 8.20. The van der Waals surface area contributed by atoms with E-state index >= 15 is 0 Å². The number of rotatable bonds is 4. The number of nitrogens with zero attached hydrogens (tertiary/aromatic N) is 5. The van der Waals surface area contributed by atoms with Gasteiger partial charge in [-0.25, -0.2) is 0 Å². The number of hydrogen-bond donors (Lipinski definition) is 1. The van der Waals surface area contributed by atoms with E-state index in [9.17, 15) is 4.79 Å². The molecule has 2 aromatic rings. The van der Waals surface area contributed by atoms with Gasteiger partial charge in [-0.3, -0.25) is 4.79 Å². The fraction of sp³-hybridized carbons (Fsp3) is 0.412. The number of aromatic nitrogens is 2. The van der Waals surface area contributed by atoms with E-state index in [1.165, 1.54) is 12.8 Å². The summed E-state index contributed by atoms with van der Waals surface area (Å²) in [7, 11) is 0. The second-order valence-corrected chi connectivity index (χ2v) is 6.29. The van der Waals surface area contributed by atoms with E-state index in [0.717, 1.165) is 41.2 Å². The molecule has 1 N–H and O–H groups in total. The lowest BCUT2D eigenvalue weighted by molar-refractivity contribution is -0.105. The monoisotopic (exact) mass is 322 g/mol. The maximum atomic E-state index is 10.8. The van der Waals surface area contributed by atoms with Gasteiger partial charge in [0.25, 0.3) is 0 Å². The highest BCUT2D eigenvalue weighted by atomic mass is 16.1. The number of nitriles is 1. The van der Waals surface area contributed by atoms with Gasteiger partial charge in [-0.1, -0.05) is 0 Å². The number of nitrogens with one attached hydrogen (secondary N) is 1. The molecule has 2 aliphatic rings. The van der Waals surface area contributed by atoms with Crippen molar-refractivity contribution in [2.24, 2.45) is 5.92 Å².